The molecule has 0 saturated carbocycles. The van der Waals surface area contributed by atoms with E-state index in [-0.39, 0.29) is 17.0 Å². The highest BCUT2D eigenvalue weighted by molar-refractivity contribution is 6.03. The summed E-state index contributed by atoms with van der Waals surface area (Å²) in [5.41, 5.74) is 1.86. The molecular weight excluding hydrogens is 370 g/mol. The lowest BCUT2D eigenvalue weighted by molar-refractivity contribution is -0.111. The second-order valence-corrected chi connectivity index (χ2v) is 6.20. The first-order valence-electron chi connectivity index (χ1n) is 8.83. The number of rotatable bonds is 7. The van der Waals surface area contributed by atoms with Gasteiger partial charge in [-0.15, -0.1) is 0 Å². The Morgan fingerprint density at radius 2 is 1.69 bits per heavy atom. The number of carbonyl (C=O) groups excluding carboxylic acids is 1. The molecule has 0 aromatic heterocycles. The fraction of sp³-hybridized carbons (Fsp3) is 0.0435. The summed E-state index contributed by atoms with van der Waals surface area (Å²) in [6.07, 6.45) is 2.90. The third-order valence-electron chi connectivity index (χ3n) is 4.06. The molecule has 0 aliphatic carbocycles. The number of benzene rings is 3. The molecule has 0 spiro atoms. The molecule has 0 radical (unpaired) electrons. The van der Waals surface area contributed by atoms with E-state index >= 15 is 0 Å². The maximum atomic E-state index is 12.1. The highest BCUT2D eigenvalue weighted by atomic mass is 16.5. The van der Waals surface area contributed by atoms with Crippen molar-refractivity contribution in [3.63, 3.8) is 0 Å². The van der Waals surface area contributed by atoms with Crippen molar-refractivity contribution < 1.29 is 24.5 Å². The number of aromatic hydroxyl groups is 1. The molecule has 3 aromatic rings. The van der Waals surface area contributed by atoms with Crippen LogP contribution in [-0.2, 0) is 11.4 Å². The zero-order valence-corrected chi connectivity index (χ0v) is 15.4. The van der Waals surface area contributed by atoms with Crippen molar-refractivity contribution in [1.82, 2.24) is 0 Å². The molecule has 3 rings (SSSR count). The molecule has 6 nitrogen and oxygen atoms in total. The molecule has 0 aliphatic rings. The van der Waals surface area contributed by atoms with Crippen molar-refractivity contribution in [2.24, 2.45) is 0 Å². The summed E-state index contributed by atoms with van der Waals surface area (Å²) in [6.45, 7) is 0.470. The third kappa shape index (κ3) is 5.71. The monoisotopic (exact) mass is 389 g/mol. The summed E-state index contributed by atoms with van der Waals surface area (Å²) in [6, 6.07) is 20.7. The molecule has 0 bridgehead atoms. The predicted molar refractivity (Wildman–Crippen MR) is 110 cm³/mol. The Balaban J connectivity index is 1.57. The van der Waals surface area contributed by atoms with Crippen LogP contribution in [0.5, 0.6) is 11.5 Å². The van der Waals surface area contributed by atoms with Crippen LogP contribution in [0.1, 0.15) is 21.5 Å². The maximum absolute atomic E-state index is 12.1. The Morgan fingerprint density at radius 1 is 0.966 bits per heavy atom. The molecule has 0 fully saturated rings. The number of phenols is 1. The number of phenolic OH excluding ortho intramolecular Hbond substituents is 1. The van der Waals surface area contributed by atoms with Crippen molar-refractivity contribution in [3.05, 3.63) is 95.6 Å². The van der Waals surface area contributed by atoms with Gasteiger partial charge in [-0.1, -0.05) is 42.5 Å². The van der Waals surface area contributed by atoms with Gasteiger partial charge in [-0.3, -0.25) is 4.79 Å². The normalized spacial score (nSPS) is 10.6. The zero-order chi connectivity index (χ0) is 20.6. The van der Waals surface area contributed by atoms with E-state index in [4.69, 9.17) is 9.84 Å². The van der Waals surface area contributed by atoms with E-state index in [0.29, 0.717) is 12.4 Å². The SMILES string of the molecule is O=C(/C=C/c1ccc(OCc2ccccc2)cc1)Nc1cc(C(=O)O)ccc1O. The number of anilines is 1. The van der Waals surface area contributed by atoms with E-state index < -0.39 is 11.9 Å². The largest absolute Gasteiger partial charge is 0.506 e. The quantitative estimate of drug-likeness (QED) is 0.413. The van der Waals surface area contributed by atoms with E-state index in [0.717, 1.165) is 11.1 Å². The van der Waals surface area contributed by atoms with E-state index in [1.807, 2.05) is 54.6 Å². The minimum Gasteiger partial charge on any atom is -0.506 e. The number of carboxylic acids is 1. The van der Waals surface area contributed by atoms with Gasteiger partial charge in [0.05, 0.1) is 11.3 Å². The van der Waals surface area contributed by atoms with Crippen LogP contribution in [0, 0.1) is 0 Å². The van der Waals surface area contributed by atoms with Crippen LogP contribution in [0.25, 0.3) is 6.08 Å². The Hall–Kier alpha value is -4.06. The number of aromatic carboxylic acids is 1. The van der Waals surface area contributed by atoms with Gasteiger partial charge in [-0.25, -0.2) is 4.79 Å². The fourth-order valence-electron chi connectivity index (χ4n) is 2.53. The van der Waals surface area contributed by atoms with Gasteiger partial charge in [0.25, 0.3) is 0 Å². The molecule has 0 atom stereocenters. The van der Waals surface area contributed by atoms with Crippen molar-refractivity contribution in [3.8, 4) is 11.5 Å². The molecule has 3 aromatic carbocycles. The molecule has 0 saturated heterocycles. The summed E-state index contributed by atoms with van der Waals surface area (Å²) < 4.78 is 5.72. The minimum atomic E-state index is -1.15. The number of hydrogen-bond donors (Lipinski definition) is 3. The number of hydrogen-bond acceptors (Lipinski definition) is 4. The standard InChI is InChI=1S/C23H19NO5/c25-21-12-9-18(23(27)28)14-20(21)24-22(26)13-8-16-6-10-19(11-7-16)29-15-17-4-2-1-3-5-17/h1-14,25H,15H2,(H,24,26)(H,27,28)/b13-8+. The van der Waals surface area contributed by atoms with Gasteiger partial charge in [-0.05, 0) is 47.5 Å². The van der Waals surface area contributed by atoms with Gasteiger partial charge >= 0.3 is 5.97 Å². The first-order valence-corrected chi connectivity index (χ1v) is 8.83. The second-order valence-electron chi connectivity index (χ2n) is 6.20. The Labute approximate surface area is 167 Å². The van der Waals surface area contributed by atoms with Crippen molar-refractivity contribution in [2.75, 3.05) is 5.32 Å². The van der Waals surface area contributed by atoms with Crippen LogP contribution >= 0.6 is 0 Å². The molecule has 6 heteroatoms. The predicted octanol–water partition coefficient (Wildman–Crippen LogP) is 4.32. The van der Waals surface area contributed by atoms with Gasteiger partial charge in [0.2, 0.25) is 5.91 Å². The van der Waals surface area contributed by atoms with Crippen molar-refractivity contribution in [2.45, 2.75) is 6.61 Å². The van der Waals surface area contributed by atoms with Crippen LogP contribution < -0.4 is 10.1 Å². The first kappa shape index (κ1) is 19.7. The highest BCUT2D eigenvalue weighted by Crippen LogP contribution is 2.24. The van der Waals surface area contributed by atoms with Crippen LogP contribution in [0.2, 0.25) is 0 Å². The summed E-state index contributed by atoms with van der Waals surface area (Å²) in [5.74, 6) is -1.14. The summed E-state index contributed by atoms with van der Waals surface area (Å²) in [5, 5.41) is 21.2. The molecule has 0 aliphatic heterocycles. The topological polar surface area (TPSA) is 95.9 Å². The van der Waals surface area contributed by atoms with E-state index in [1.165, 1.54) is 24.3 Å². The number of carboxylic acid groups (broad SMARTS) is 1. The molecule has 1 amide bonds. The average Bonchev–Trinajstić information content (AvgIpc) is 2.73. The molecule has 29 heavy (non-hydrogen) atoms. The van der Waals surface area contributed by atoms with Gasteiger partial charge < -0.3 is 20.3 Å². The smallest absolute Gasteiger partial charge is 0.335 e. The summed E-state index contributed by atoms with van der Waals surface area (Å²) >= 11 is 0. The number of ether oxygens (including phenoxy) is 1. The molecule has 146 valence electrons. The lowest BCUT2D eigenvalue weighted by Crippen LogP contribution is -2.09. The van der Waals surface area contributed by atoms with Gasteiger partial charge in [0.15, 0.2) is 0 Å². The fourth-order valence-corrected chi connectivity index (χ4v) is 2.53. The number of amides is 1. The van der Waals surface area contributed by atoms with Gasteiger partial charge in [-0.2, -0.15) is 0 Å². The third-order valence-corrected chi connectivity index (χ3v) is 4.06. The highest BCUT2D eigenvalue weighted by Gasteiger charge is 2.09. The summed E-state index contributed by atoms with van der Waals surface area (Å²) in [7, 11) is 0. The first-order chi connectivity index (χ1) is 14.0. The minimum absolute atomic E-state index is 0.0317. The zero-order valence-electron chi connectivity index (χ0n) is 15.4. The van der Waals surface area contributed by atoms with E-state index in [2.05, 4.69) is 5.32 Å². The average molecular weight is 389 g/mol. The van der Waals surface area contributed by atoms with Crippen molar-refractivity contribution in [1.29, 1.82) is 0 Å². The molecule has 0 unspecified atom stereocenters. The Kier molecular flexibility index (Phi) is 6.27. The van der Waals surface area contributed by atoms with E-state index in [1.54, 1.807) is 6.08 Å². The number of carbonyl (C=O) groups is 2. The molecule has 0 heterocycles. The lowest BCUT2D eigenvalue weighted by Gasteiger charge is -2.07. The van der Waals surface area contributed by atoms with Crippen molar-refractivity contribution >= 4 is 23.6 Å². The van der Waals surface area contributed by atoms with Crippen LogP contribution in [0.4, 0.5) is 5.69 Å². The van der Waals surface area contributed by atoms with Gasteiger partial charge in [0.1, 0.15) is 18.1 Å². The lowest BCUT2D eigenvalue weighted by atomic mass is 10.1. The molecule has 3 N–H and O–H groups in total. The Morgan fingerprint density at radius 3 is 2.38 bits per heavy atom. The van der Waals surface area contributed by atoms with Crippen LogP contribution in [-0.4, -0.2) is 22.1 Å². The van der Waals surface area contributed by atoms with Crippen LogP contribution in [0.15, 0.2) is 78.9 Å². The summed E-state index contributed by atoms with van der Waals surface area (Å²) in [4.78, 5) is 23.1. The maximum Gasteiger partial charge on any atom is 0.335 e. The number of nitrogens with one attached hydrogen (secondary N) is 1. The Bertz CT molecular complexity index is 1030. The molecular formula is C23H19NO5. The van der Waals surface area contributed by atoms with Crippen LogP contribution in [0.3, 0.4) is 0 Å². The van der Waals surface area contributed by atoms with Gasteiger partial charge in [0, 0.05) is 6.08 Å². The van der Waals surface area contributed by atoms with E-state index in [9.17, 15) is 14.7 Å². The second kappa shape index (κ2) is 9.23.